The van der Waals surface area contributed by atoms with E-state index in [1.807, 2.05) is 30.3 Å². The Hall–Kier alpha value is -1.07. The lowest BCUT2D eigenvalue weighted by atomic mass is 9.94. The third-order valence-electron chi connectivity index (χ3n) is 2.69. The van der Waals surface area contributed by atoms with Crippen LogP contribution < -0.4 is 5.32 Å². The Labute approximate surface area is 98.5 Å². The van der Waals surface area contributed by atoms with Gasteiger partial charge in [0.1, 0.15) is 0 Å². The molecule has 0 aliphatic rings. The van der Waals surface area contributed by atoms with Gasteiger partial charge in [-0.2, -0.15) is 13.2 Å². The van der Waals surface area contributed by atoms with Crippen molar-refractivity contribution in [2.45, 2.75) is 25.1 Å². The van der Waals surface area contributed by atoms with Crippen LogP contribution in [0, 0.1) is 0 Å². The van der Waals surface area contributed by atoms with E-state index in [2.05, 4.69) is 5.32 Å². The van der Waals surface area contributed by atoms with Crippen LogP contribution >= 0.6 is 0 Å². The van der Waals surface area contributed by atoms with Crippen LogP contribution in [0.3, 0.4) is 0 Å². The van der Waals surface area contributed by atoms with Crippen LogP contribution in [0.5, 0.6) is 0 Å². The Balaban J connectivity index is 2.62. The first-order valence-corrected chi connectivity index (χ1v) is 5.40. The molecule has 2 nitrogen and oxygen atoms in total. The number of hydrogen-bond donors (Lipinski definition) is 2. The predicted molar refractivity (Wildman–Crippen MR) is 59.8 cm³/mol. The highest BCUT2D eigenvalue weighted by Crippen LogP contribution is 2.20. The van der Waals surface area contributed by atoms with Gasteiger partial charge in [-0.25, -0.2) is 0 Å². The lowest BCUT2D eigenvalue weighted by Crippen LogP contribution is -2.42. The average Bonchev–Trinajstić information content (AvgIpc) is 2.29. The minimum Gasteiger partial charge on any atom is -0.395 e. The van der Waals surface area contributed by atoms with E-state index >= 15 is 0 Å². The summed E-state index contributed by atoms with van der Waals surface area (Å²) in [4.78, 5) is 0. The maximum Gasteiger partial charge on any atom is 0.401 e. The molecule has 0 amide bonds. The van der Waals surface area contributed by atoms with Gasteiger partial charge in [0, 0.05) is 6.04 Å². The number of alkyl halides is 3. The largest absolute Gasteiger partial charge is 0.401 e. The fraction of sp³-hybridized carbons (Fsp3) is 0.500. The Kier molecular flexibility index (Phi) is 4.96. The molecule has 1 aromatic rings. The molecule has 0 heterocycles. The normalized spacial score (nSPS) is 15.6. The molecule has 0 aromatic heterocycles. The van der Waals surface area contributed by atoms with E-state index < -0.39 is 18.8 Å². The van der Waals surface area contributed by atoms with Crippen LogP contribution in [-0.4, -0.2) is 30.5 Å². The molecule has 1 rings (SSSR count). The van der Waals surface area contributed by atoms with Crippen LogP contribution in [0.1, 0.15) is 18.4 Å². The summed E-state index contributed by atoms with van der Waals surface area (Å²) in [7, 11) is 0. The van der Waals surface area contributed by atoms with Crippen molar-refractivity contribution in [1.82, 2.24) is 5.32 Å². The summed E-state index contributed by atoms with van der Waals surface area (Å²) < 4.78 is 36.2. The van der Waals surface area contributed by atoms with E-state index in [9.17, 15) is 13.2 Å². The van der Waals surface area contributed by atoms with E-state index in [1.54, 1.807) is 6.92 Å². The summed E-state index contributed by atoms with van der Waals surface area (Å²) in [6, 6.07) is 8.56. The molecular formula is C12H16F3NO. The maximum absolute atomic E-state index is 12.1. The van der Waals surface area contributed by atoms with Crippen molar-refractivity contribution in [2.75, 3.05) is 13.2 Å². The zero-order valence-corrected chi connectivity index (χ0v) is 9.54. The smallest absolute Gasteiger partial charge is 0.395 e. The van der Waals surface area contributed by atoms with Gasteiger partial charge in [-0.1, -0.05) is 37.3 Å². The van der Waals surface area contributed by atoms with E-state index in [-0.39, 0.29) is 12.5 Å². The zero-order valence-electron chi connectivity index (χ0n) is 9.54. The summed E-state index contributed by atoms with van der Waals surface area (Å²) in [5, 5.41) is 11.5. The Morgan fingerprint density at radius 2 is 1.82 bits per heavy atom. The molecule has 0 bridgehead atoms. The minimum atomic E-state index is -4.26. The van der Waals surface area contributed by atoms with E-state index in [4.69, 9.17) is 5.11 Å². The number of aliphatic hydroxyl groups excluding tert-OH is 1. The molecule has 0 fully saturated rings. The molecule has 5 heteroatoms. The van der Waals surface area contributed by atoms with Crippen LogP contribution in [-0.2, 0) is 0 Å². The second-order valence-corrected chi connectivity index (χ2v) is 3.98. The quantitative estimate of drug-likeness (QED) is 0.836. The number of benzene rings is 1. The van der Waals surface area contributed by atoms with Gasteiger partial charge in [-0.3, -0.25) is 0 Å². The average molecular weight is 247 g/mol. The van der Waals surface area contributed by atoms with Crippen molar-refractivity contribution in [3.63, 3.8) is 0 Å². The fourth-order valence-corrected chi connectivity index (χ4v) is 1.64. The van der Waals surface area contributed by atoms with Gasteiger partial charge in [0.05, 0.1) is 13.2 Å². The van der Waals surface area contributed by atoms with Crippen molar-refractivity contribution in [3.8, 4) is 0 Å². The van der Waals surface area contributed by atoms with Gasteiger partial charge < -0.3 is 10.4 Å². The summed E-state index contributed by atoms with van der Waals surface area (Å²) >= 11 is 0. The Morgan fingerprint density at radius 1 is 1.24 bits per heavy atom. The summed E-state index contributed by atoms with van der Waals surface area (Å²) in [6.45, 7) is 0.376. The molecule has 2 atom stereocenters. The van der Waals surface area contributed by atoms with Crippen molar-refractivity contribution in [3.05, 3.63) is 35.9 Å². The van der Waals surface area contributed by atoms with Crippen LogP contribution in [0.25, 0.3) is 0 Å². The van der Waals surface area contributed by atoms with E-state index in [0.29, 0.717) is 0 Å². The monoisotopic (exact) mass is 247 g/mol. The van der Waals surface area contributed by atoms with Gasteiger partial charge in [0.25, 0.3) is 0 Å². The molecule has 0 aliphatic heterocycles. The molecule has 0 aliphatic carbocycles. The third-order valence-corrected chi connectivity index (χ3v) is 2.69. The molecule has 0 saturated heterocycles. The summed E-state index contributed by atoms with van der Waals surface area (Å²) in [5.41, 5.74) is 0.904. The van der Waals surface area contributed by atoms with Crippen LogP contribution in [0.15, 0.2) is 30.3 Å². The predicted octanol–water partition coefficient (Wildman–Crippen LogP) is 2.30. The van der Waals surface area contributed by atoms with Gasteiger partial charge in [0.15, 0.2) is 0 Å². The standard InChI is InChI=1S/C12H16F3NO/c1-9(10-5-3-2-4-6-10)11(7-17)16-8-12(13,14)15/h2-6,9,11,16-17H,7-8H2,1H3. The van der Waals surface area contributed by atoms with Crippen molar-refractivity contribution >= 4 is 0 Å². The zero-order chi connectivity index (χ0) is 12.9. The van der Waals surface area contributed by atoms with Crippen molar-refractivity contribution in [2.24, 2.45) is 0 Å². The van der Waals surface area contributed by atoms with Gasteiger partial charge >= 0.3 is 6.18 Å². The Morgan fingerprint density at radius 3 is 2.29 bits per heavy atom. The lowest BCUT2D eigenvalue weighted by molar-refractivity contribution is -0.127. The first-order chi connectivity index (χ1) is 7.94. The molecular weight excluding hydrogens is 231 g/mol. The number of rotatable bonds is 5. The van der Waals surface area contributed by atoms with E-state index in [1.165, 1.54) is 0 Å². The summed E-state index contributed by atoms with van der Waals surface area (Å²) in [6.07, 6.45) is -4.26. The molecule has 17 heavy (non-hydrogen) atoms. The molecule has 2 unspecified atom stereocenters. The first-order valence-electron chi connectivity index (χ1n) is 5.40. The number of halogens is 3. The molecule has 96 valence electrons. The van der Waals surface area contributed by atoms with E-state index in [0.717, 1.165) is 5.56 Å². The third kappa shape index (κ3) is 4.75. The topological polar surface area (TPSA) is 32.3 Å². The minimum absolute atomic E-state index is 0.177. The fourth-order valence-electron chi connectivity index (χ4n) is 1.64. The number of hydrogen-bond acceptors (Lipinski definition) is 2. The summed E-state index contributed by atoms with van der Waals surface area (Å²) in [5.74, 6) is -0.177. The lowest BCUT2D eigenvalue weighted by Gasteiger charge is -2.24. The molecule has 1 aromatic carbocycles. The SMILES string of the molecule is CC(c1ccccc1)C(CO)NCC(F)(F)F. The highest BCUT2D eigenvalue weighted by atomic mass is 19.4. The van der Waals surface area contributed by atoms with Gasteiger partial charge in [-0.05, 0) is 11.5 Å². The number of aliphatic hydroxyl groups is 1. The maximum atomic E-state index is 12.1. The van der Waals surface area contributed by atoms with Gasteiger partial charge in [-0.15, -0.1) is 0 Å². The number of nitrogens with one attached hydrogen (secondary N) is 1. The molecule has 2 N–H and O–H groups in total. The Bertz CT molecular complexity index is 326. The highest BCUT2D eigenvalue weighted by molar-refractivity contribution is 5.20. The van der Waals surface area contributed by atoms with Gasteiger partial charge in [0.2, 0.25) is 0 Å². The molecule has 0 saturated carbocycles. The van der Waals surface area contributed by atoms with Crippen molar-refractivity contribution in [1.29, 1.82) is 0 Å². The highest BCUT2D eigenvalue weighted by Gasteiger charge is 2.29. The molecule has 0 radical (unpaired) electrons. The second-order valence-electron chi connectivity index (χ2n) is 3.98. The first kappa shape index (κ1) is 14.0. The van der Waals surface area contributed by atoms with Crippen LogP contribution in [0.4, 0.5) is 13.2 Å². The van der Waals surface area contributed by atoms with Crippen LogP contribution in [0.2, 0.25) is 0 Å². The second kappa shape index (κ2) is 6.02. The molecule has 0 spiro atoms. The van der Waals surface area contributed by atoms with Crippen molar-refractivity contribution < 1.29 is 18.3 Å².